The molecule has 0 radical (unpaired) electrons. The second-order valence-electron chi connectivity index (χ2n) is 6.61. The average Bonchev–Trinajstić information content (AvgIpc) is 2.59. The van der Waals surface area contributed by atoms with Gasteiger partial charge in [-0.15, -0.1) is 0 Å². The van der Waals surface area contributed by atoms with Crippen LogP contribution in [0.5, 0.6) is 0 Å². The molecule has 0 bridgehead atoms. The predicted molar refractivity (Wildman–Crippen MR) is 86.8 cm³/mol. The summed E-state index contributed by atoms with van der Waals surface area (Å²) < 4.78 is 31.3. The van der Waals surface area contributed by atoms with E-state index < -0.39 is 24.6 Å². The number of alkyl halides is 2. The molecule has 0 spiro atoms. The van der Waals surface area contributed by atoms with Gasteiger partial charge in [0.2, 0.25) is 0 Å². The van der Waals surface area contributed by atoms with Crippen molar-refractivity contribution in [3.63, 3.8) is 0 Å². The Morgan fingerprint density at radius 2 is 1.96 bits per heavy atom. The van der Waals surface area contributed by atoms with Crippen molar-refractivity contribution in [1.29, 1.82) is 0 Å². The van der Waals surface area contributed by atoms with Crippen LogP contribution in [0.4, 0.5) is 13.6 Å². The summed E-state index contributed by atoms with van der Waals surface area (Å²) in [6.45, 7) is 1.07. The molecule has 1 fully saturated rings. The molecule has 0 atom stereocenters. The Balaban J connectivity index is 2.09. The zero-order valence-electron chi connectivity index (χ0n) is 14.0. The number of ether oxygens (including phenoxy) is 1. The van der Waals surface area contributed by atoms with Crippen LogP contribution in [0.15, 0.2) is 30.3 Å². The van der Waals surface area contributed by atoms with Crippen molar-refractivity contribution >= 4 is 6.09 Å². The molecule has 0 aliphatic heterocycles. The Morgan fingerprint density at radius 1 is 1.33 bits per heavy atom. The monoisotopic (exact) mass is 341 g/mol. The van der Waals surface area contributed by atoms with Crippen LogP contribution in [-0.2, 0) is 11.3 Å². The quantitative estimate of drug-likeness (QED) is 0.855. The van der Waals surface area contributed by atoms with E-state index in [1.165, 1.54) is 0 Å². The van der Waals surface area contributed by atoms with Gasteiger partial charge in [0.25, 0.3) is 6.43 Å². The SMILES string of the molecule is CC1CCC(CO)(N(CC(F)F)C(=O)OCc2ccccc2)CC1. The van der Waals surface area contributed by atoms with Gasteiger partial charge in [-0.05, 0) is 37.2 Å². The van der Waals surface area contributed by atoms with Crippen LogP contribution in [0.2, 0.25) is 0 Å². The normalized spacial score (nSPS) is 24.0. The molecule has 0 heterocycles. The third kappa shape index (κ3) is 4.66. The van der Waals surface area contributed by atoms with E-state index in [2.05, 4.69) is 6.92 Å². The summed E-state index contributed by atoms with van der Waals surface area (Å²) >= 11 is 0. The van der Waals surface area contributed by atoms with Gasteiger partial charge in [-0.25, -0.2) is 13.6 Å². The fourth-order valence-electron chi connectivity index (χ4n) is 3.21. The first-order valence-electron chi connectivity index (χ1n) is 8.34. The lowest BCUT2D eigenvalue weighted by Gasteiger charge is -2.45. The number of nitrogens with zero attached hydrogens (tertiary/aromatic N) is 1. The second-order valence-corrected chi connectivity index (χ2v) is 6.61. The van der Waals surface area contributed by atoms with Crippen LogP contribution in [0, 0.1) is 5.92 Å². The van der Waals surface area contributed by atoms with Crippen LogP contribution in [0.1, 0.15) is 38.2 Å². The number of carbonyl (C=O) groups is 1. The number of rotatable bonds is 6. The minimum Gasteiger partial charge on any atom is -0.445 e. The molecule has 24 heavy (non-hydrogen) atoms. The lowest BCUT2D eigenvalue weighted by atomic mass is 9.76. The second kappa shape index (κ2) is 8.42. The third-order valence-corrected chi connectivity index (χ3v) is 4.82. The number of hydrogen-bond donors (Lipinski definition) is 1. The summed E-state index contributed by atoms with van der Waals surface area (Å²) in [5.74, 6) is 0.471. The molecule has 1 aliphatic carbocycles. The minimum atomic E-state index is -2.67. The van der Waals surface area contributed by atoms with E-state index in [0.29, 0.717) is 18.8 Å². The maximum atomic E-state index is 13.0. The van der Waals surface area contributed by atoms with Crippen molar-refractivity contribution in [3.8, 4) is 0 Å². The molecule has 1 aliphatic rings. The minimum absolute atomic E-state index is 0.0251. The van der Waals surface area contributed by atoms with E-state index in [0.717, 1.165) is 23.3 Å². The number of aliphatic hydroxyl groups is 1. The van der Waals surface area contributed by atoms with E-state index in [1.807, 2.05) is 18.2 Å². The highest BCUT2D eigenvalue weighted by Gasteiger charge is 2.43. The number of hydrogen-bond acceptors (Lipinski definition) is 3. The van der Waals surface area contributed by atoms with Crippen LogP contribution >= 0.6 is 0 Å². The predicted octanol–water partition coefficient (Wildman–Crippen LogP) is 3.83. The lowest BCUT2D eigenvalue weighted by Crippen LogP contribution is -2.57. The Labute approximate surface area is 141 Å². The number of carbonyl (C=O) groups excluding carboxylic acids is 1. The Morgan fingerprint density at radius 3 is 2.50 bits per heavy atom. The van der Waals surface area contributed by atoms with Gasteiger partial charge in [-0.1, -0.05) is 37.3 Å². The van der Waals surface area contributed by atoms with Gasteiger partial charge in [0.15, 0.2) is 0 Å². The van der Waals surface area contributed by atoms with E-state index >= 15 is 0 Å². The van der Waals surface area contributed by atoms with Crippen LogP contribution < -0.4 is 0 Å². The summed E-state index contributed by atoms with van der Waals surface area (Å²) in [5.41, 5.74) is -0.158. The van der Waals surface area contributed by atoms with E-state index in [-0.39, 0.29) is 13.2 Å². The standard InChI is InChI=1S/C18H25F2NO3/c1-14-7-9-18(13-22,10-8-14)21(11-16(19)20)17(23)24-12-15-5-3-2-4-6-15/h2-6,14,16,22H,7-13H2,1H3. The van der Waals surface area contributed by atoms with Gasteiger partial charge in [0, 0.05) is 0 Å². The van der Waals surface area contributed by atoms with Crippen LogP contribution in [0.25, 0.3) is 0 Å². The molecule has 4 nitrogen and oxygen atoms in total. The van der Waals surface area contributed by atoms with Crippen molar-refractivity contribution < 1.29 is 23.4 Å². The molecule has 1 N–H and O–H groups in total. The highest BCUT2D eigenvalue weighted by atomic mass is 19.3. The maximum Gasteiger partial charge on any atom is 0.410 e. The number of halogens is 2. The highest BCUT2D eigenvalue weighted by molar-refractivity contribution is 5.69. The molecule has 0 unspecified atom stereocenters. The van der Waals surface area contributed by atoms with Crippen LogP contribution in [0.3, 0.4) is 0 Å². The van der Waals surface area contributed by atoms with Crippen molar-refractivity contribution in [1.82, 2.24) is 4.90 Å². The molecule has 1 aromatic carbocycles. The number of amides is 1. The maximum absolute atomic E-state index is 13.0. The molecular formula is C18H25F2NO3. The first-order valence-corrected chi connectivity index (χ1v) is 8.34. The first-order chi connectivity index (χ1) is 11.5. The lowest BCUT2D eigenvalue weighted by molar-refractivity contribution is -0.0364. The number of benzene rings is 1. The van der Waals surface area contributed by atoms with Gasteiger partial charge in [0.05, 0.1) is 18.7 Å². The molecule has 6 heteroatoms. The van der Waals surface area contributed by atoms with Gasteiger partial charge in [0.1, 0.15) is 6.61 Å². The fraction of sp³-hybridized carbons (Fsp3) is 0.611. The molecule has 0 aromatic heterocycles. The summed E-state index contributed by atoms with van der Waals surface area (Å²) in [6.07, 6.45) is -0.839. The van der Waals surface area contributed by atoms with E-state index in [4.69, 9.17) is 4.74 Å². The third-order valence-electron chi connectivity index (χ3n) is 4.82. The highest BCUT2D eigenvalue weighted by Crippen LogP contribution is 2.37. The van der Waals surface area contributed by atoms with Gasteiger partial charge in [-0.2, -0.15) is 0 Å². The smallest absolute Gasteiger partial charge is 0.410 e. The molecule has 2 rings (SSSR count). The summed E-state index contributed by atoms with van der Waals surface area (Å²) in [7, 11) is 0. The van der Waals surface area contributed by atoms with Crippen molar-refractivity contribution in [2.45, 2.75) is 51.2 Å². The Hall–Kier alpha value is -1.69. The summed E-state index contributed by atoms with van der Waals surface area (Å²) in [4.78, 5) is 13.5. The number of aliphatic hydroxyl groups excluding tert-OH is 1. The summed E-state index contributed by atoms with van der Waals surface area (Å²) in [5, 5.41) is 9.85. The molecule has 134 valence electrons. The molecular weight excluding hydrogens is 316 g/mol. The van der Waals surface area contributed by atoms with Crippen molar-refractivity contribution in [3.05, 3.63) is 35.9 Å². The van der Waals surface area contributed by atoms with Gasteiger partial charge < -0.3 is 9.84 Å². The summed E-state index contributed by atoms with van der Waals surface area (Å²) in [6, 6.07) is 9.08. The van der Waals surface area contributed by atoms with E-state index in [9.17, 15) is 18.7 Å². The topological polar surface area (TPSA) is 49.8 Å². The molecule has 0 saturated heterocycles. The van der Waals surface area contributed by atoms with Gasteiger partial charge in [-0.3, -0.25) is 4.90 Å². The molecule has 1 aromatic rings. The zero-order valence-corrected chi connectivity index (χ0v) is 14.0. The molecule has 1 amide bonds. The first kappa shape index (κ1) is 18.6. The molecule has 1 saturated carbocycles. The largest absolute Gasteiger partial charge is 0.445 e. The van der Waals surface area contributed by atoms with Crippen LogP contribution in [-0.4, -0.2) is 41.2 Å². The van der Waals surface area contributed by atoms with Crippen molar-refractivity contribution in [2.24, 2.45) is 5.92 Å². The Bertz CT molecular complexity index is 516. The van der Waals surface area contributed by atoms with Crippen molar-refractivity contribution in [2.75, 3.05) is 13.2 Å². The van der Waals surface area contributed by atoms with Gasteiger partial charge >= 0.3 is 6.09 Å². The van der Waals surface area contributed by atoms with E-state index in [1.54, 1.807) is 12.1 Å². The zero-order chi connectivity index (χ0) is 17.6. The average molecular weight is 341 g/mol. The Kier molecular flexibility index (Phi) is 6.54. The fourth-order valence-corrected chi connectivity index (χ4v) is 3.21.